The highest BCUT2D eigenvalue weighted by atomic mass is 19.4. The first-order chi connectivity index (χ1) is 12.7. The maximum Gasteiger partial charge on any atom is 0.416 e. The molecule has 0 saturated heterocycles. The molecule has 1 aromatic rings. The van der Waals surface area contributed by atoms with E-state index in [0.29, 0.717) is 12.2 Å². The van der Waals surface area contributed by atoms with Crippen LogP contribution in [0, 0.1) is 0 Å². The Morgan fingerprint density at radius 3 is 2.59 bits per heavy atom. The second-order valence-corrected chi connectivity index (χ2v) is 5.88. The molecule has 0 radical (unpaired) electrons. The lowest BCUT2D eigenvalue weighted by Gasteiger charge is -2.35. The van der Waals surface area contributed by atoms with E-state index < -0.39 is 29.8 Å². The molecule has 6 nitrogen and oxygen atoms in total. The Balaban J connectivity index is 2.47. The first kappa shape index (κ1) is 20.8. The molecule has 148 valence electrons. The second-order valence-electron chi connectivity index (χ2n) is 5.88. The van der Waals surface area contributed by atoms with Crippen LogP contribution in [0.25, 0.3) is 0 Å². The quantitative estimate of drug-likeness (QED) is 0.602. The topological polar surface area (TPSA) is 67.9 Å². The van der Waals surface area contributed by atoms with Crippen LogP contribution in [0.3, 0.4) is 0 Å². The summed E-state index contributed by atoms with van der Waals surface area (Å²) in [4.78, 5) is 26.2. The fourth-order valence-corrected chi connectivity index (χ4v) is 2.87. The minimum atomic E-state index is -4.54. The Labute approximate surface area is 154 Å². The number of ether oxygens (including phenoxy) is 2. The number of rotatable bonds is 6. The van der Waals surface area contributed by atoms with Crippen molar-refractivity contribution >= 4 is 12.0 Å². The van der Waals surface area contributed by atoms with Gasteiger partial charge in [0, 0.05) is 19.4 Å². The van der Waals surface area contributed by atoms with Crippen molar-refractivity contribution in [2.75, 3.05) is 26.9 Å². The molecular weight excluding hydrogens is 365 g/mol. The number of amides is 2. The molecule has 1 aliphatic heterocycles. The van der Waals surface area contributed by atoms with Crippen molar-refractivity contribution in [3.8, 4) is 0 Å². The lowest BCUT2D eigenvalue weighted by atomic mass is 9.93. The number of alkyl halides is 3. The Bertz CT molecular complexity index is 746. The lowest BCUT2D eigenvalue weighted by molar-refractivity contribution is -0.141. The molecule has 1 aliphatic rings. The van der Waals surface area contributed by atoms with E-state index in [-0.39, 0.29) is 24.4 Å². The van der Waals surface area contributed by atoms with Crippen molar-refractivity contribution < 1.29 is 32.2 Å². The third-order valence-corrected chi connectivity index (χ3v) is 4.20. The number of methoxy groups -OCH3 is 1. The highest BCUT2D eigenvalue weighted by Gasteiger charge is 2.37. The molecule has 0 spiro atoms. The summed E-state index contributed by atoms with van der Waals surface area (Å²) in [7, 11) is 1.45. The van der Waals surface area contributed by atoms with Gasteiger partial charge in [0.1, 0.15) is 6.61 Å². The second kappa shape index (κ2) is 8.43. The van der Waals surface area contributed by atoms with Crippen LogP contribution < -0.4 is 5.32 Å². The predicted molar refractivity (Wildman–Crippen MR) is 90.6 cm³/mol. The number of benzene rings is 1. The van der Waals surface area contributed by atoms with Crippen molar-refractivity contribution in [1.82, 2.24) is 10.2 Å². The molecule has 2 amide bonds. The van der Waals surface area contributed by atoms with E-state index in [1.165, 1.54) is 24.1 Å². The molecule has 9 heteroatoms. The zero-order valence-corrected chi connectivity index (χ0v) is 15.2. The fraction of sp³-hybridized carbons (Fsp3) is 0.444. The van der Waals surface area contributed by atoms with Crippen molar-refractivity contribution in [2.45, 2.75) is 26.1 Å². The molecule has 0 bridgehead atoms. The van der Waals surface area contributed by atoms with E-state index in [1.807, 2.05) is 0 Å². The minimum absolute atomic E-state index is 0.0124. The van der Waals surface area contributed by atoms with Gasteiger partial charge in [0.05, 0.1) is 23.8 Å². The van der Waals surface area contributed by atoms with Gasteiger partial charge in [-0.25, -0.2) is 9.59 Å². The number of carbonyl (C=O) groups excluding carboxylic acids is 2. The fourth-order valence-electron chi connectivity index (χ4n) is 2.87. The summed E-state index contributed by atoms with van der Waals surface area (Å²) in [5.41, 5.74) is -0.290. The maximum absolute atomic E-state index is 13.1. The molecule has 27 heavy (non-hydrogen) atoms. The molecule has 0 unspecified atom stereocenters. The maximum atomic E-state index is 13.1. The van der Waals surface area contributed by atoms with Crippen LogP contribution >= 0.6 is 0 Å². The number of halogens is 3. The van der Waals surface area contributed by atoms with Crippen molar-refractivity contribution in [3.63, 3.8) is 0 Å². The number of hydrogen-bond acceptors (Lipinski definition) is 4. The normalized spacial score (nSPS) is 17.8. The highest BCUT2D eigenvalue weighted by molar-refractivity contribution is 5.95. The van der Waals surface area contributed by atoms with Crippen molar-refractivity contribution in [1.29, 1.82) is 0 Å². The number of allylic oxidation sites excluding steroid dienone is 1. The van der Waals surface area contributed by atoms with E-state index in [2.05, 4.69) is 5.32 Å². The molecule has 0 aromatic heterocycles. The van der Waals surface area contributed by atoms with Crippen molar-refractivity contribution in [2.24, 2.45) is 0 Å². The molecule has 0 fully saturated rings. The molecule has 1 heterocycles. The van der Waals surface area contributed by atoms with Crippen LogP contribution in [-0.4, -0.2) is 43.8 Å². The van der Waals surface area contributed by atoms with E-state index in [9.17, 15) is 22.8 Å². The average Bonchev–Trinajstić information content (AvgIpc) is 2.61. The molecule has 0 aliphatic carbocycles. The van der Waals surface area contributed by atoms with Gasteiger partial charge in [-0.05, 0) is 31.5 Å². The monoisotopic (exact) mass is 386 g/mol. The van der Waals surface area contributed by atoms with E-state index in [4.69, 9.17) is 9.47 Å². The largest absolute Gasteiger partial charge is 0.460 e. The molecule has 1 atom stereocenters. The standard InChI is InChI=1S/C18H21F3N2O4/c1-4-23-11(2)14(16(24)27-9-8-26-3)15(22-17(23)25)12-6-5-7-13(10-12)18(19,20)21/h5-7,10,15H,4,8-9H2,1-3H3,(H,22,25)/t15-/m0/s1. The van der Waals surface area contributed by atoms with Crippen LogP contribution in [0.2, 0.25) is 0 Å². The van der Waals surface area contributed by atoms with E-state index >= 15 is 0 Å². The van der Waals surface area contributed by atoms with Crippen LogP contribution in [-0.2, 0) is 20.4 Å². The van der Waals surface area contributed by atoms with Gasteiger partial charge in [0.2, 0.25) is 0 Å². The Hall–Kier alpha value is -2.55. The zero-order chi connectivity index (χ0) is 20.2. The van der Waals surface area contributed by atoms with Crippen LogP contribution in [0.5, 0.6) is 0 Å². The van der Waals surface area contributed by atoms with Crippen LogP contribution in [0.1, 0.15) is 31.0 Å². The van der Waals surface area contributed by atoms with Gasteiger partial charge in [-0.15, -0.1) is 0 Å². The Morgan fingerprint density at radius 2 is 2.00 bits per heavy atom. The number of esters is 1. The Kier molecular flexibility index (Phi) is 6.48. The lowest BCUT2D eigenvalue weighted by Crippen LogP contribution is -2.48. The smallest absolute Gasteiger partial charge is 0.416 e. The first-order valence-corrected chi connectivity index (χ1v) is 8.32. The van der Waals surface area contributed by atoms with Gasteiger partial charge < -0.3 is 14.8 Å². The third-order valence-electron chi connectivity index (χ3n) is 4.20. The molecular formula is C18H21F3N2O4. The van der Waals surface area contributed by atoms with Gasteiger partial charge in [-0.2, -0.15) is 13.2 Å². The summed E-state index contributed by atoms with van der Waals surface area (Å²) in [5, 5.41) is 2.59. The number of urea groups is 1. The summed E-state index contributed by atoms with van der Waals surface area (Å²) < 4.78 is 49.1. The van der Waals surface area contributed by atoms with Gasteiger partial charge in [0.25, 0.3) is 0 Å². The van der Waals surface area contributed by atoms with Crippen LogP contribution in [0.15, 0.2) is 35.5 Å². The minimum Gasteiger partial charge on any atom is -0.460 e. The van der Waals surface area contributed by atoms with Gasteiger partial charge >= 0.3 is 18.2 Å². The van der Waals surface area contributed by atoms with Crippen LogP contribution in [0.4, 0.5) is 18.0 Å². The van der Waals surface area contributed by atoms with Gasteiger partial charge in [0.15, 0.2) is 0 Å². The first-order valence-electron chi connectivity index (χ1n) is 8.32. The van der Waals surface area contributed by atoms with E-state index in [0.717, 1.165) is 12.1 Å². The SMILES string of the molecule is CCN1C(=O)N[C@@H](c2cccc(C(F)(F)F)c2)C(C(=O)OCCOC)=C1C. The van der Waals surface area contributed by atoms with Gasteiger partial charge in [-0.1, -0.05) is 12.1 Å². The number of carbonyl (C=O) groups is 2. The summed E-state index contributed by atoms with van der Waals surface area (Å²) in [6.45, 7) is 3.75. The highest BCUT2D eigenvalue weighted by Crippen LogP contribution is 2.35. The number of nitrogens with one attached hydrogen (secondary N) is 1. The van der Waals surface area contributed by atoms with E-state index in [1.54, 1.807) is 13.8 Å². The molecule has 1 aromatic carbocycles. The average molecular weight is 386 g/mol. The molecule has 1 N–H and O–H groups in total. The predicted octanol–water partition coefficient (Wildman–Crippen LogP) is 3.26. The number of hydrogen-bond donors (Lipinski definition) is 1. The third kappa shape index (κ3) is 4.60. The molecule has 0 saturated carbocycles. The number of nitrogens with zero attached hydrogens (tertiary/aromatic N) is 1. The van der Waals surface area contributed by atoms with Gasteiger partial charge in [-0.3, -0.25) is 4.90 Å². The summed E-state index contributed by atoms with van der Waals surface area (Å²) in [5.74, 6) is -0.717. The zero-order valence-electron chi connectivity index (χ0n) is 15.2. The molecule has 2 rings (SSSR count). The van der Waals surface area contributed by atoms with Crippen molar-refractivity contribution in [3.05, 3.63) is 46.7 Å². The summed E-state index contributed by atoms with van der Waals surface area (Å²) in [6, 6.07) is 2.97. The summed E-state index contributed by atoms with van der Waals surface area (Å²) >= 11 is 0. The summed E-state index contributed by atoms with van der Waals surface area (Å²) in [6.07, 6.45) is -4.54. The Morgan fingerprint density at radius 1 is 1.30 bits per heavy atom.